The van der Waals surface area contributed by atoms with E-state index in [4.69, 9.17) is 21.4 Å². The van der Waals surface area contributed by atoms with Crippen LogP contribution >= 0.6 is 11.6 Å². The molecule has 1 aromatic heterocycles. The minimum atomic E-state index is -0.358. The van der Waals surface area contributed by atoms with Crippen LogP contribution < -0.4 is 10.6 Å². The lowest BCUT2D eigenvalue weighted by molar-refractivity contribution is -0.116. The molecule has 0 saturated carbocycles. The van der Waals surface area contributed by atoms with Crippen molar-refractivity contribution in [1.82, 2.24) is 14.7 Å². The minimum Gasteiger partial charge on any atom is -0.385 e. The van der Waals surface area contributed by atoms with Crippen LogP contribution in [0.4, 0.5) is 16.3 Å². The summed E-state index contributed by atoms with van der Waals surface area (Å²) in [5.74, 6) is 0.530. The number of urea groups is 1. The Bertz CT molecular complexity index is 1230. The third kappa shape index (κ3) is 7.82. The number of carbonyl (C=O) groups excluding carboxylic acids is 2. The summed E-state index contributed by atoms with van der Waals surface area (Å²) in [7, 11) is 1.61. The summed E-state index contributed by atoms with van der Waals surface area (Å²) in [5.41, 5.74) is 3.06. The van der Waals surface area contributed by atoms with Crippen molar-refractivity contribution in [3.05, 3.63) is 70.9 Å². The van der Waals surface area contributed by atoms with Crippen molar-refractivity contribution < 1.29 is 14.3 Å². The number of para-hydroxylation sites is 1. The van der Waals surface area contributed by atoms with Gasteiger partial charge in [0.2, 0.25) is 5.91 Å². The summed E-state index contributed by atoms with van der Waals surface area (Å²) in [6.45, 7) is 11.1. The van der Waals surface area contributed by atoms with Gasteiger partial charge in [-0.1, -0.05) is 70.5 Å². The molecule has 1 heterocycles. The molecule has 2 aromatic carbocycles. The third-order valence-corrected chi connectivity index (χ3v) is 6.37. The number of nitrogens with zero attached hydrogens (tertiary/aromatic N) is 3. The molecule has 0 spiro atoms. The first-order valence-electron chi connectivity index (χ1n) is 12.8. The van der Waals surface area contributed by atoms with E-state index in [0.717, 1.165) is 5.69 Å². The fourth-order valence-corrected chi connectivity index (χ4v) is 4.02. The predicted molar refractivity (Wildman–Crippen MR) is 154 cm³/mol. The number of halogens is 1. The van der Waals surface area contributed by atoms with Crippen LogP contribution in [-0.2, 0) is 14.9 Å². The Kier molecular flexibility index (Phi) is 9.94. The van der Waals surface area contributed by atoms with E-state index in [1.54, 1.807) is 17.9 Å². The van der Waals surface area contributed by atoms with Crippen molar-refractivity contribution in [3.63, 3.8) is 0 Å². The van der Waals surface area contributed by atoms with E-state index < -0.39 is 0 Å². The molecule has 0 atom stereocenters. The maximum Gasteiger partial charge on any atom is 0.322 e. The second kappa shape index (κ2) is 12.9. The van der Waals surface area contributed by atoms with Crippen LogP contribution in [0, 0.1) is 0 Å². The van der Waals surface area contributed by atoms with Gasteiger partial charge in [0.05, 0.1) is 16.4 Å². The monoisotopic (exact) mass is 539 g/mol. The van der Waals surface area contributed by atoms with Gasteiger partial charge in [-0.3, -0.25) is 4.79 Å². The van der Waals surface area contributed by atoms with Crippen molar-refractivity contribution in [2.24, 2.45) is 0 Å². The number of nitrogens with one attached hydrogen (secondary N) is 2. The second-order valence-corrected chi connectivity index (χ2v) is 11.0. The standard InChI is InChI=1S/C29H38ClN5O3/c1-20(2)21-12-14-22(15-13-21)31-28(37)34(16-9-17-38-6)19-27(36)32-26-18-25(29(3,4)5)33-35(26)24-11-8-7-10-23(24)30/h7-8,10-15,18,20H,9,16-17,19H2,1-6H3,(H,31,37)(H,32,36). The number of amides is 3. The number of aromatic nitrogens is 2. The van der Waals surface area contributed by atoms with Gasteiger partial charge < -0.3 is 20.3 Å². The van der Waals surface area contributed by atoms with E-state index in [-0.39, 0.29) is 23.9 Å². The molecule has 204 valence electrons. The highest BCUT2D eigenvalue weighted by Gasteiger charge is 2.24. The van der Waals surface area contributed by atoms with Gasteiger partial charge in [0.15, 0.2) is 0 Å². The van der Waals surface area contributed by atoms with Gasteiger partial charge in [-0.05, 0) is 42.2 Å². The van der Waals surface area contributed by atoms with E-state index in [9.17, 15) is 9.59 Å². The Labute approximate surface area is 230 Å². The van der Waals surface area contributed by atoms with E-state index in [0.29, 0.717) is 47.7 Å². The normalized spacial score (nSPS) is 11.5. The fraction of sp³-hybridized carbons (Fsp3) is 0.414. The average molecular weight is 540 g/mol. The molecule has 0 unspecified atom stereocenters. The molecule has 0 aliphatic carbocycles. The second-order valence-electron chi connectivity index (χ2n) is 10.6. The minimum absolute atomic E-state index is 0.141. The number of benzene rings is 2. The van der Waals surface area contributed by atoms with E-state index in [1.165, 1.54) is 10.5 Å². The summed E-state index contributed by atoms with van der Waals surface area (Å²) >= 11 is 6.45. The maximum absolute atomic E-state index is 13.2. The lowest BCUT2D eigenvalue weighted by Gasteiger charge is -2.23. The Balaban J connectivity index is 1.79. The molecule has 0 radical (unpaired) electrons. The van der Waals surface area contributed by atoms with Gasteiger partial charge in [-0.2, -0.15) is 5.10 Å². The van der Waals surface area contributed by atoms with Crippen LogP contribution in [0.2, 0.25) is 5.02 Å². The van der Waals surface area contributed by atoms with Crippen LogP contribution in [0.1, 0.15) is 58.2 Å². The first-order valence-corrected chi connectivity index (χ1v) is 13.2. The molecule has 3 amide bonds. The summed E-state index contributed by atoms with van der Waals surface area (Å²) in [5, 5.41) is 11.1. The number of hydrogen-bond acceptors (Lipinski definition) is 4. The number of methoxy groups -OCH3 is 1. The molecule has 3 aromatic rings. The van der Waals surface area contributed by atoms with Gasteiger partial charge in [-0.15, -0.1) is 0 Å². The Hall–Kier alpha value is -3.36. The highest BCUT2D eigenvalue weighted by molar-refractivity contribution is 6.32. The van der Waals surface area contributed by atoms with E-state index in [2.05, 4.69) is 24.5 Å². The van der Waals surface area contributed by atoms with Crippen molar-refractivity contribution in [2.45, 2.75) is 52.4 Å². The Morgan fingerprint density at radius 2 is 1.76 bits per heavy atom. The Morgan fingerprint density at radius 3 is 2.37 bits per heavy atom. The third-order valence-electron chi connectivity index (χ3n) is 6.05. The molecule has 0 fully saturated rings. The number of carbonyl (C=O) groups is 2. The lowest BCUT2D eigenvalue weighted by atomic mass is 9.92. The number of ether oxygens (including phenoxy) is 1. The van der Waals surface area contributed by atoms with Crippen LogP contribution in [0.5, 0.6) is 0 Å². The molecular weight excluding hydrogens is 502 g/mol. The first kappa shape index (κ1) is 29.2. The summed E-state index contributed by atoms with van der Waals surface area (Å²) in [6.07, 6.45) is 0.592. The van der Waals surface area contributed by atoms with Gasteiger partial charge in [0.1, 0.15) is 12.4 Å². The van der Waals surface area contributed by atoms with Gasteiger partial charge in [0, 0.05) is 37.4 Å². The fourth-order valence-electron chi connectivity index (χ4n) is 3.81. The smallest absolute Gasteiger partial charge is 0.322 e. The number of anilines is 2. The van der Waals surface area contributed by atoms with Crippen LogP contribution in [0.25, 0.3) is 5.69 Å². The van der Waals surface area contributed by atoms with Crippen LogP contribution in [0.15, 0.2) is 54.6 Å². The van der Waals surface area contributed by atoms with Gasteiger partial charge in [0.25, 0.3) is 0 Å². The maximum atomic E-state index is 13.2. The molecule has 0 saturated heterocycles. The highest BCUT2D eigenvalue weighted by Crippen LogP contribution is 2.29. The molecule has 0 aliphatic heterocycles. The van der Waals surface area contributed by atoms with Crippen molar-refractivity contribution in [1.29, 1.82) is 0 Å². The van der Waals surface area contributed by atoms with Crippen LogP contribution in [-0.4, -0.2) is 53.4 Å². The van der Waals surface area contributed by atoms with E-state index in [1.807, 2.05) is 69.3 Å². The summed E-state index contributed by atoms with van der Waals surface area (Å²) in [6, 6.07) is 16.5. The zero-order chi connectivity index (χ0) is 27.9. The highest BCUT2D eigenvalue weighted by atomic mass is 35.5. The van der Waals surface area contributed by atoms with Gasteiger partial charge >= 0.3 is 6.03 Å². The quantitative estimate of drug-likeness (QED) is 0.289. The first-order chi connectivity index (χ1) is 18.0. The van der Waals surface area contributed by atoms with Crippen molar-refractivity contribution in [3.8, 4) is 5.69 Å². The Morgan fingerprint density at radius 1 is 1.08 bits per heavy atom. The van der Waals surface area contributed by atoms with Gasteiger partial charge in [-0.25, -0.2) is 9.48 Å². The lowest BCUT2D eigenvalue weighted by Crippen LogP contribution is -2.41. The molecule has 38 heavy (non-hydrogen) atoms. The molecule has 3 rings (SSSR count). The molecular formula is C29H38ClN5O3. The molecule has 0 bridgehead atoms. The van der Waals surface area contributed by atoms with E-state index >= 15 is 0 Å². The predicted octanol–water partition coefficient (Wildman–Crippen LogP) is 6.46. The summed E-state index contributed by atoms with van der Waals surface area (Å²) < 4.78 is 6.79. The van der Waals surface area contributed by atoms with Crippen LogP contribution in [0.3, 0.4) is 0 Å². The largest absolute Gasteiger partial charge is 0.385 e. The SMILES string of the molecule is COCCCN(CC(=O)Nc1cc(C(C)(C)C)nn1-c1ccccc1Cl)C(=O)Nc1ccc(C(C)C)cc1. The molecule has 2 N–H and O–H groups in total. The zero-order valence-electron chi connectivity index (χ0n) is 23.0. The van der Waals surface area contributed by atoms with Crippen molar-refractivity contribution in [2.75, 3.05) is 37.4 Å². The zero-order valence-corrected chi connectivity index (χ0v) is 23.8. The van der Waals surface area contributed by atoms with Crippen molar-refractivity contribution >= 4 is 35.0 Å². The molecule has 9 heteroatoms. The number of hydrogen-bond donors (Lipinski definition) is 2. The number of rotatable bonds is 10. The molecule has 8 nitrogen and oxygen atoms in total. The molecule has 0 aliphatic rings. The average Bonchev–Trinajstić information content (AvgIpc) is 3.28. The summed E-state index contributed by atoms with van der Waals surface area (Å²) in [4.78, 5) is 27.8. The topological polar surface area (TPSA) is 88.5 Å².